The molecule has 1 heterocycles. The van der Waals surface area contributed by atoms with Crippen LogP contribution in [0.4, 0.5) is 0 Å². The summed E-state index contributed by atoms with van der Waals surface area (Å²) in [6.45, 7) is 3.12. The van der Waals surface area contributed by atoms with Crippen LogP contribution in [0.3, 0.4) is 0 Å². The van der Waals surface area contributed by atoms with Gasteiger partial charge in [-0.1, -0.05) is 11.6 Å². The van der Waals surface area contributed by atoms with Crippen LogP contribution in [0.15, 0.2) is 29.2 Å². The lowest BCUT2D eigenvalue weighted by molar-refractivity contribution is -0.133. The molecular formula is C14H18ClNO2S. The van der Waals surface area contributed by atoms with Crippen molar-refractivity contribution in [1.82, 2.24) is 4.90 Å². The summed E-state index contributed by atoms with van der Waals surface area (Å²) in [5.41, 5.74) is 0. The van der Waals surface area contributed by atoms with Crippen LogP contribution in [0.25, 0.3) is 0 Å². The van der Waals surface area contributed by atoms with Crippen molar-refractivity contribution in [2.45, 2.75) is 36.0 Å². The van der Waals surface area contributed by atoms with E-state index in [2.05, 4.69) is 0 Å². The summed E-state index contributed by atoms with van der Waals surface area (Å²) < 4.78 is 0. The predicted octanol–water partition coefficient (Wildman–Crippen LogP) is 2.80. The number of benzene rings is 1. The van der Waals surface area contributed by atoms with Gasteiger partial charge in [-0.25, -0.2) is 0 Å². The third kappa shape index (κ3) is 4.13. The van der Waals surface area contributed by atoms with Crippen LogP contribution in [-0.4, -0.2) is 40.4 Å². The van der Waals surface area contributed by atoms with E-state index in [9.17, 15) is 9.90 Å². The van der Waals surface area contributed by atoms with E-state index in [1.807, 2.05) is 31.2 Å². The first-order valence-corrected chi connectivity index (χ1v) is 7.71. The van der Waals surface area contributed by atoms with Gasteiger partial charge in [-0.05, 0) is 44.0 Å². The summed E-state index contributed by atoms with van der Waals surface area (Å²) in [6.07, 6.45) is 1.30. The van der Waals surface area contributed by atoms with Crippen LogP contribution in [0, 0.1) is 0 Å². The molecule has 1 unspecified atom stereocenters. The second-order valence-corrected chi connectivity index (χ2v) is 6.64. The summed E-state index contributed by atoms with van der Waals surface area (Å²) in [5, 5.41) is 10.2. The molecule has 0 radical (unpaired) electrons. The Morgan fingerprint density at radius 2 is 2.16 bits per heavy atom. The molecule has 0 spiro atoms. The van der Waals surface area contributed by atoms with Crippen LogP contribution in [0.5, 0.6) is 0 Å². The second-order valence-electron chi connectivity index (χ2n) is 4.79. The molecule has 1 aliphatic rings. The number of likely N-dealkylation sites (tertiary alicyclic amines) is 1. The number of thioether (sulfide) groups is 1. The van der Waals surface area contributed by atoms with Gasteiger partial charge < -0.3 is 10.0 Å². The number of hydrogen-bond donors (Lipinski definition) is 1. The Kier molecular flexibility index (Phi) is 5.13. The molecule has 1 amide bonds. The fourth-order valence-corrected chi connectivity index (χ4v) is 3.26. The van der Waals surface area contributed by atoms with Crippen molar-refractivity contribution in [3.63, 3.8) is 0 Å². The predicted molar refractivity (Wildman–Crippen MR) is 78.6 cm³/mol. The molecule has 1 N–H and O–H groups in total. The van der Waals surface area contributed by atoms with Gasteiger partial charge in [-0.15, -0.1) is 11.8 Å². The zero-order valence-corrected chi connectivity index (χ0v) is 12.5. The molecule has 2 rings (SSSR count). The van der Waals surface area contributed by atoms with Crippen molar-refractivity contribution in [1.29, 1.82) is 0 Å². The van der Waals surface area contributed by atoms with E-state index in [4.69, 9.17) is 11.6 Å². The van der Waals surface area contributed by atoms with Crippen molar-refractivity contribution in [3.8, 4) is 0 Å². The minimum atomic E-state index is -0.370. The molecule has 5 heteroatoms. The number of rotatable bonds is 3. The highest BCUT2D eigenvalue weighted by Gasteiger charge is 2.26. The van der Waals surface area contributed by atoms with Gasteiger partial charge in [-0.2, -0.15) is 0 Å². The van der Waals surface area contributed by atoms with Gasteiger partial charge in [0.15, 0.2) is 0 Å². The molecule has 0 saturated carbocycles. The minimum Gasteiger partial charge on any atom is -0.391 e. The zero-order valence-electron chi connectivity index (χ0n) is 10.9. The maximum atomic E-state index is 12.3. The molecule has 0 aromatic heterocycles. The van der Waals surface area contributed by atoms with Crippen LogP contribution in [0.2, 0.25) is 5.02 Å². The number of β-amino-alcohol motifs (C(OH)–C–C–N with tert-alkyl or cyclic N) is 1. The van der Waals surface area contributed by atoms with E-state index in [0.29, 0.717) is 11.6 Å². The molecule has 19 heavy (non-hydrogen) atoms. The Hall–Kier alpha value is -0.710. The Bertz CT molecular complexity index is 438. The van der Waals surface area contributed by atoms with Gasteiger partial charge in [0.05, 0.1) is 11.4 Å². The van der Waals surface area contributed by atoms with E-state index >= 15 is 0 Å². The number of halogens is 1. The van der Waals surface area contributed by atoms with Gasteiger partial charge >= 0.3 is 0 Å². The second kappa shape index (κ2) is 6.64. The van der Waals surface area contributed by atoms with E-state index in [1.165, 1.54) is 11.8 Å². The fraction of sp³-hybridized carbons (Fsp3) is 0.500. The normalized spacial score (nSPS) is 21.2. The first-order valence-electron chi connectivity index (χ1n) is 6.45. The molecule has 0 bridgehead atoms. The highest BCUT2D eigenvalue weighted by Crippen LogP contribution is 2.26. The third-order valence-electron chi connectivity index (χ3n) is 3.18. The van der Waals surface area contributed by atoms with Crippen molar-refractivity contribution in [2.75, 3.05) is 13.1 Å². The van der Waals surface area contributed by atoms with E-state index < -0.39 is 0 Å². The zero-order chi connectivity index (χ0) is 13.8. The van der Waals surface area contributed by atoms with Gasteiger partial charge in [0.1, 0.15) is 0 Å². The first kappa shape index (κ1) is 14.7. The molecule has 1 aliphatic heterocycles. The van der Waals surface area contributed by atoms with E-state index in [-0.39, 0.29) is 17.3 Å². The number of aliphatic hydroxyl groups is 1. The van der Waals surface area contributed by atoms with Gasteiger partial charge in [0.2, 0.25) is 5.91 Å². The molecule has 2 atom stereocenters. The largest absolute Gasteiger partial charge is 0.391 e. The Balaban J connectivity index is 1.93. The van der Waals surface area contributed by atoms with Crippen LogP contribution in [0.1, 0.15) is 19.8 Å². The van der Waals surface area contributed by atoms with Crippen LogP contribution in [-0.2, 0) is 4.79 Å². The van der Waals surface area contributed by atoms with Crippen molar-refractivity contribution >= 4 is 29.3 Å². The van der Waals surface area contributed by atoms with Crippen molar-refractivity contribution in [3.05, 3.63) is 29.3 Å². The Morgan fingerprint density at radius 1 is 1.47 bits per heavy atom. The molecular weight excluding hydrogens is 282 g/mol. The number of aliphatic hydroxyl groups excluding tert-OH is 1. The standard InChI is InChI=1S/C14H18ClNO2S/c1-10(19-13-6-4-11(15)5-7-13)14(18)16-8-2-3-12(17)9-16/h4-7,10,12,17H,2-3,8-9H2,1H3/t10?,12-/m0/s1. The summed E-state index contributed by atoms with van der Waals surface area (Å²) >= 11 is 7.36. The van der Waals surface area contributed by atoms with Crippen molar-refractivity contribution < 1.29 is 9.90 Å². The van der Waals surface area contributed by atoms with Gasteiger partial charge in [-0.3, -0.25) is 4.79 Å². The van der Waals surface area contributed by atoms with Crippen LogP contribution < -0.4 is 0 Å². The summed E-state index contributed by atoms with van der Waals surface area (Å²) in [5.74, 6) is 0.0960. The minimum absolute atomic E-state index is 0.0960. The van der Waals surface area contributed by atoms with Crippen LogP contribution >= 0.6 is 23.4 Å². The SMILES string of the molecule is CC(Sc1ccc(Cl)cc1)C(=O)N1CCC[C@H](O)C1. The molecule has 1 aromatic carbocycles. The van der Waals surface area contributed by atoms with E-state index in [1.54, 1.807) is 4.90 Å². The number of piperidine rings is 1. The summed E-state index contributed by atoms with van der Waals surface area (Å²) in [4.78, 5) is 15.1. The number of hydrogen-bond acceptors (Lipinski definition) is 3. The quantitative estimate of drug-likeness (QED) is 0.873. The molecule has 3 nitrogen and oxygen atoms in total. The summed E-state index contributed by atoms with van der Waals surface area (Å²) in [6, 6.07) is 7.49. The highest BCUT2D eigenvalue weighted by atomic mass is 35.5. The lowest BCUT2D eigenvalue weighted by Gasteiger charge is -2.31. The number of nitrogens with zero attached hydrogens (tertiary/aromatic N) is 1. The average Bonchev–Trinajstić information content (AvgIpc) is 2.40. The molecule has 104 valence electrons. The van der Waals surface area contributed by atoms with Gasteiger partial charge in [0, 0.05) is 23.0 Å². The first-order chi connectivity index (χ1) is 9.06. The molecule has 1 fully saturated rings. The molecule has 1 aromatic rings. The van der Waals surface area contributed by atoms with Gasteiger partial charge in [0.25, 0.3) is 0 Å². The summed E-state index contributed by atoms with van der Waals surface area (Å²) in [7, 11) is 0. The highest BCUT2D eigenvalue weighted by molar-refractivity contribution is 8.00. The topological polar surface area (TPSA) is 40.5 Å². The number of carbonyl (C=O) groups excluding carboxylic acids is 1. The molecule has 1 saturated heterocycles. The lowest BCUT2D eigenvalue weighted by Crippen LogP contribution is -2.45. The fourth-order valence-electron chi connectivity index (χ4n) is 2.18. The Labute approximate surface area is 122 Å². The molecule has 0 aliphatic carbocycles. The number of carbonyl (C=O) groups is 1. The average molecular weight is 300 g/mol. The van der Waals surface area contributed by atoms with E-state index in [0.717, 1.165) is 24.3 Å². The Morgan fingerprint density at radius 3 is 2.79 bits per heavy atom. The lowest BCUT2D eigenvalue weighted by atomic mass is 10.1. The maximum absolute atomic E-state index is 12.3. The monoisotopic (exact) mass is 299 g/mol. The number of amides is 1. The smallest absolute Gasteiger partial charge is 0.235 e. The maximum Gasteiger partial charge on any atom is 0.235 e. The third-order valence-corrected chi connectivity index (χ3v) is 4.53. The van der Waals surface area contributed by atoms with Crippen molar-refractivity contribution in [2.24, 2.45) is 0 Å².